The van der Waals surface area contributed by atoms with Gasteiger partial charge in [0.1, 0.15) is 0 Å². The molecule has 0 bridgehead atoms. The molecule has 1 aliphatic heterocycles. The zero-order valence-electron chi connectivity index (χ0n) is 10.7. The van der Waals surface area contributed by atoms with Crippen LogP contribution in [0.3, 0.4) is 0 Å². The SMILES string of the molecule is O=C1CCCCCCCCCCCCC(=O)O1. The van der Waals surface area contributed by atoms with Crippen LogP contribution >= 0.6 is 0 Å². The van der Waals surface area contributed by atoms with Gasteiger partial charge in [-0.15, -0.1) is 0 Å². The molecule has 3 heteroatoms. The van der Waals surface area contributed by atoms with Crippen LogP contribution in [0.4, 0.5) is 0 Å². The number of hydrogen-bond acceptors (Lipinski definition) is 3. The first kappa shape index (κ1) is 14.2. The summed E-state index contributed by atoms with van der Waals surface area (Å²) in [5.74, 6) is -0.685. The Hall–Kier alpha value is -0.860. The first-order chi connectivity index (χ1) is 8.29. The molecular formula is C14H24O3. The van der Waals surface area contributed by atoms with E-state index in [-0.39, 0.29) is 11.9 Å². The number of rotatable bonds is 0. The molecule has 0 aromatic heterocycles. The highest BCUT2D eigenvalue weighted by molar-refractivity contribution is 5.85. The van der Waals surface area contributed by atoms with Gasteiger partial charge in [0.25, 0.3) is 0 Å². The molecule has 1 rings (SSSR count). The lowest BCUT2D eigenvalue weighted by Crippen LogP contribution is -2.11. The highest BCUT2D eigenvalue weighted by Gasteiger charge is 2.10. The quantitative estimate of drug-likeness (QED) is 0.478. The molecule has 0 spiro atoms. The third kappa shape index (κ3) is 7.94. The molecule has 1 aliphatic rings. The lowest BCUT2D eigenvalue weighted by molar-refractivity contribution is -0.159. The summed E-state index contributed by atoms with van der Waals surface area (Å²) in [7, 11) is 0. The average Bonchev–Trinajstić information content (AvgIpc) is 2.30. The fraction of sp³-hybridized carbons (Fsp3) is 0.857. The van der Waals surface area contributed by atoms with Gasteiger partial charge in [-0.2, -0.15) is 0 Å². The molecular weight excluding hydrogens is 216 g/mol. The largest absolute Gasteiger partial charge is 0.393 e. The summed E-state index contributed by atoms with van der Waals surface area (Å²) in [6.45, 7) is 0. The number of carbonyl (C=O) groups excluding carboxylic acids is 2. The van der Waals surface area contributed by atoms with Crippen molar-refractivity contribution in [3.8, 4) is 0 Å². The Bertz CT molecular complexity index is 212. The van der Waals surface area contributed by atoms with Crippen LogP contribution in [0, 0.1) is 0 Å². The normalized spacial score (nSPS) is 22.4. The van der Waals surface area contributed by atoms with Crippen molar-refractivity contribution in [2.24, 2.45) is 0 Å². The van der Waals surface area contributed by atoms with Crippen molar-refractivity contribution >= 4 is 11.9 Å². The Kier molecular flexibility index (Phi) is 7.69. The monoisotopic (exact) mass is 240 g/mol. The summed E-state index contributed by atoms with van der Waals surface area (Å²) in [4.78, 5) is 22.6. The molecule has 0 aromatic rings. The van der Waals surface area contributed by atoms with Crippen LogP contribution in [0.1, 0.15) is 77.0 Å². The van der Waals surface area contributed by atoms with Gasteiger partial charge in [-0.3, -0.25) is 9.59 Å². The van der Waals surface area contributed by atoms with Gasteiger partial charge in [0, 0.05) is 12.8 Å². The minimum atomic E-state index is -0.343. The summed E-state index contributed by atoms with van der Waals surface area (Å²) >= 11 is 0. The van der Waals surface area contributed by atoms with Gasteiger partial charge in [-0.25, -0.2) is 0 Å². The maximum Gasteiger partial charge on any atom is 0.313 e. The minimum absolute atomic E-state index is 0.343. The predicted molar refractivity (Wildman–Crippen MR) is 66.5 cm³/mol. The Morgan fingerprint density at radius 3 is 1.18 bits per heavy atom. The second-order valence-electron chi connectivity index (χ2n) is 4.88. The van der Waals surface area contributed by atoms with Crippen LogP contribution in [-0.2, 0) is 14.3 Å². The minimum Gasteiger partial charge on any atom is -0.393 e. The molecule has 0 unspecified atom stereocenters. The number of esters is 2. The molecule has 1 heterocycles. The molecule has 0 aliphatic carbocycles. The zero-order chi connectivity index (χ0) is 12.3. The van der Waals surface area contributed by atoms with Crippen molar-refractivity contribution < 1.29 is 14.3 Å². The van der Waals surface area contributed by atoms with Crippen LogP contribution in [0.25, 0.3) is 0 Å². The van der Waals surface area contributed by atoms with E-state index in [2.05, 4.69) is 0 Å². The van der Waals surface area contributed by atoms with Gasteiger partial charge in [0.2, 0.25) is 0 Å². The number of hydrogen-bond donors (Lipinski definition) is 0. The van der Waals surface area contributed by atoms with Crippen LogP contribution in [0.5, 0.6) is 0 Å². The third-order valence-electron chi connectivity index (χ3n) is 3.24. The van der Waals surface area contributed by atoms with Gasteiger partial charge in [0.05, 0.1) is 0 Å². The van der Waals surface area contributed by atoms with E-state index in [0.29, 0.717) is 12.8 Å². The molecule has 1 fully saturated rings. The Morgan fingerprint density at radius 1 is 0.529 bits per heavy atom. The van der Waals surface area contributed by atoms with Crippen LogP contribution in [-0.4, -0.2) is 11.9 Å². The number of ether oxygens (including phenoxy) is 1. The van der Waals surface area contributed by atoms with Crippen molar-refractivity contribution in [2.75, 3.05) is 0 Å². The molecule has 17 heavy (non-hydrogen) atoms. The van der Waals surface area contributed by atoms with Gasteiger partial charge >= 0.3 is 11.9 Å². The second kappa shape index (κ2) is 9.20. The van der Waals surface area contributed by atoms with Crippen molar-refractivity contribution in [3.63, 3.8) is 0 Å². The summed E-state index contributed by atoms with van der Waals surface area (Å²) < 4.78 is 4.75. The third-order valence-corrected chi connectivity index (χ3v) is 3.24. The summed E-state index contributed by atoms with van der Waals surface area (Å²) in [5, 5.41) is 0. The molecule has 0 saturated carbocycles. The second-order valence-corrected chi connectivity index (χ2v) is 4.88. The molecule has 0 aromatic carbocycles. The van der Waals surface area contributed by atoms with Gasteiger partial charge in [0.15, 0.2) is 0 Å². The predicted octanol–water partition coefficient (Wildman–Crippen LogP) is 3.75. The molecule has 0 radical (unpaired) electrons. The Balaban J connectivity index is 2.26. The molecule has 98 valence electrons. The summed E-state index contributed by atoms with van der Waals surface area (Å²) in [6.07, 6.45) is 12.2. The highest BCUT2D eigenvalue weighted by Crippen LogP contribution is 2.13. The van der Waals surface area contributed by atoms with Gasteiger partial charge in [-0.1, -0.05) is 51.4 Å². The number of carbonyl (C=O) groups is 2. The molecule has 0 atom stereocenters. The first-order valence-corrected chi connectivity index (χ1v) is 7.02. The topological polar surface area (TPSA) is 43.4 Å². The smallest absolute Gasteiger partial charge is 0.313 e. The Labute approximate surface area is 104 Å². The van der Waals surface area contributed by atoms with Gasteiger partial charge < -0.3 is 4.74 Å². The highest BCUT2D eigenvalue weighted by atomic mass is 16.6. The molecule has 3 nitrogen and oxygen atoms in total. The van der Waals surface area contributed by atoms with Crippen molar-refractivity contribution in [1.82, 2.24) is 0 Å². The Morgan fingerprint density at radius 2 is 0.824 bits per heavy atom. The fourth-order valence-electron chi connectivity index (χ4n) is 2.18. The lowest BCUT2D eigenvalue weighted by Gasteiger charge is -2.02. The van der Waals surface area contributed by atoms with E-state index in [1.807, 2.05) is 0 Å². The molecule has 1 saturated heterocycles. The maximum atomic E-state index is 11.3. The van der Waals surface area contributed by atoms with Crippen molar-refractivity contribution in [1.29, 1.82) is 0 Å². The summed E-state index contributed by atoms with van der Waals surface area (Å²) in [6, 6.07) is 0. The van der Waals surface area contributed by atoms with E-state index < -0.39 is 0 Å². The first-order valence-electron chi connectivity index (χ1n) is 7.02. The summed E-state index contributed by atoms with van der Waals surface area (Å²) in [5.41, 5.74) is 0. The fourth-order valence-corrected chi connectivity index (χ4v) is 2.18. The lowest BCUT2D eigenvalue weighted by atomic mass is 10.1. The van der Waals surface area contributed by atoms with E-state index >= 15 is 0 Å². The van der Waals surface area contributed by atoms with E-state index in [4.69, 9.17) is 4.74 Å². The van der Waals surface area contributed by atoms with E-state index in [1.165, 1.54) is 38.5 Å². The standard InChI is InChI=1S/C14H24O3/c15-13-11-9-7-5-3-1-2-4-6-8-10-12-14(16)17-13/h1-12H2. The van der Waals surface area contributed by atoms with Crippen LogP contribution in [0.15, 0.2) is 0 Å². The maximum absolute atomic E-state index is 11.3. The molecule has 0 N–H and O–H groups in total. The zero-order valence-corrected chi connectivity index (χ0v) is 10.7. The molecule has 0 amide bonds. The van der Waals surface area contributed by atoms with E-state index in [1.54, 1.807) is 0 Å². The van der Waals surface area contributed by atoms with Crippen LogP contribution < -0.4 is 0 Å². The van der Waals surface area contributed by atoms with Gasteiger partial charge in [-0.05, 0) is 12.8 Å². The van der Waals surface area contributed by atoms with Crippen LogP contribution in [0.2, 0.25) is 0 Å². The van der Waals surface area contributed by atoms with Crippen molar-refractivity contribution in [3.05, 3.63) is 0 Å². The average molecular weight is 240 g/mol. The van der Waals surface area contributed by atoms with E-state index in [9.17, 15) is 9.59 Å². The van der Waals surface area contributed by atoms with E-state index in [0.717, 1.165) is 25.7 Å². The number of cyclic esters (lactones) is 2. The van der Waals surface area contributed by atoms with Crippen molar-refractivity contribution in [2.45, 2.75) is 77.0 Å².